The molecule has 0 radical (unpaired) electrons. The standard InChI is InChI=1S/C30H41FN4O4/c1-21(2)17-26(34-27(36)19-32-29(38)39-20-22-9-6-5-7-10-22)28(37)33-25-13-15-30(16-14-25,35(3)4)23-11-8-12-24(31)18-23/h5-12,18,21,25-26H,13-17,19-20H2,1-4H3,(H,32,38)(H,33,37)(H,34,36). The number of carbonyl (C=O) groups is 3. The van der Waals surface area contributed by atoms with Crippen LogP contribution in [-0.4, -0.2) is 55.5 Å². The van der Waals surface area contributed by atoms with Gasteiger partial charge >= 0.3 is 6.09 Å². The lowest BCUT2D eigenvalue weighted by molar-refractivity contribution is -0.129. The molecule has 212 valence electrons. The Morgan fingerprint density at radius 1 is 1.05 bits per heavy atom. The molecule has 0 bridgehead atoms. The van der Waals surface area contributed by atoms with Crippen LogP contribution in [0.4, 0.5) is 9.18 Å². The monoisotopic (exact) mass is 540 g/mol. The van der Waals surface area contributed by atoms with Gasteiger partial charge in [-0.05, 0) is 75.4 Å². The van der Waals surface area contributed by atoms with Gasteiger partial charge in [-0.25, -0.2) is 9.18 Å². The first-order chi connectivity index (χ1) is 18.6. The summed E-state index contributed by atoms with van der Waals surface area (Å²) in [5.41, 5.74) is 1.49. The molecule has 39 heavy (non-hydrogen) atoms. The van der Waals surface area contributed by atoms with E-state index in [1.165, 1.54) is 6.07 Å². The molecule has 1 unspecified atom stereocenters. The minimum Gasteiger partial charge on any atom is -0.445 e. The Morgan fingerprint density at radius 2 is 1.74 bits per heavy atom. The summed E-state index contributed by atoms with van der Waals surface area (Å²) in [5, 5.41) is 8.31. The molecule has 1 saturated carbocycles. The summed E-state index contributed by atoms with van der Waals surface area (Å²) in [6.07, 6.45) is 2.77. The highest BCUT2D eigenvalue weighted by Crippen LogP contribution is 2.41. The first-order valence-electron chi connectivity index (χ1n) is 13.6. The normalized spacial score (nSPS) is 19.8. The van der Waals surface area contributed by atoms with Crippen LogP contribution in [0.25, 0.3) is 0 Å². The van der Waals surface area contributed by atoms with Gasteiger partial charge in [0.2, 0.25) is 11.8 Å². The van der Waals surface area contributed by atoms with Crippen LogP contribution in [0.1, 0.15) is 57.1 Å². The number of halogens is 1. The largest absolute Gasteiger partial charge is 0.445 e. The van der Waals surface area contributed by atoms with Crippen LogP contribution in [0, 0.1) is 11.7 Å². The lowest BCUT2D eigenvalue weighted by atomic mass is 9.74. The van der Waals surface area contributed by atoms with Gasteiger partial charge in [-0.2, -0.15) is 0 Å². The van der Waals surface area contributed by atoms with Gasteiger partial charge in [0.05, 0.1) is 0 Å². The maximum absolute atomic E-state index is 14.0. The molecule has 1 aliphatic rings. The van der Waals surface area contributed by atoms with Crippen molar-refractivity contribution in [2.24, 2.45) is 5.92 Å². The van der Waals surface area contributed by atoms with E-state index in [0.717, 1.165) is 36.8 Å². The Bertz CT molecular complexity index is 1100. The average Bonchev–Trinajstić information content (AvgIpc) is 2.91. The van der Waals surface area contributed by atoms with Crippen LogP contribution >= 0.6 is 0 Å². The number of amides is 3. The quantitative estimate of drug-likeness (QED) is 0.399. The molecule has 3 amide bonds. The molecule has 8 nitrogen and oxygen atoms in total. The summed E-state index contributed by atoms with van der Waals surface area (Å²) in [6, 6.07) is 15.2. The number of nitrogens with zero attached hydrogens (tertiary/aromatic N) is 1. The van der Waals surface area contributed by atoms with Crippen LogP contribution in [0.15, 0.2) is 54.6 Å². The summed E-state index contributed by atoms with van der Waals surface area (Å²) in [7, 11) is 4.01. The Morgan fingerprint density at radius 3 is 2.36 bits per heavy atom. The Labute approximate surface area is 230 Å². The molecule has 9 heteroatoms. The van der Waals surface area contributed by atoms with E-state index < -0.39 is 18.0 Å². The van der Waals surface area contributed by atoms with E-state index in [1.807, 2.05) is 64.3 Å². The third-order valence-corrected chi connectivity index (χ3v) is 7.34. The zero-order chi connectivity index (χ0) is 28.4. The van der Waals surface area contributed by atoms with Crippen molar-refractivity contribution in [3.8, 4) is 0 Å². The van der Waals surface area contributed by atoms with Gasteiger partial charge in [0.1, 0.15) is 25.0 Å². The third-order valence-electron chi connectivity index (χ3n) is 7.34. The SMILES string of the molecule is CC(C)CC(NC(=O)CNC(=O)OCc1ccccc1)C(=O)NC1CCC(c2cccc(F)c2)(N(C)C)CC1. The van der Waals surface area contributed by atoms with E-state index in [9.17, 15) is 18.8 Å². The number of ether oxygens (including phenoxy) is 1. The van der Waals surface area contributed by atoms with Crippen molar-refractivity contribution in [3.63, 3.8) is 0 Å². The van der Waals surface area contributed by atoms with Crippen LogP contribution < -0.4 is 16.0 Å². The Balaban J connectivity index is 1.51. The maximum Gasteiger partial charge on any atom is 0.407 e. The molecule has 0 spiro atoms. The zero-order valence-electron chi connectivity index (χ0n) is 23.3. The second-order valence-electron chi connectivity index (χ2n) is 10.9. The summed E-state index contributed by atoms with van der Waals surface area (Å²) < 4.78 is 19.1. The number of nitrogens with one attached hydrogen (secondary N) is 3. The third kappa shape index (κ3) is 8.78. The van der Waals surface area contributed by atoms with Crippen molar-refractivity contribution in [1.29, 1.82) is 0 Å². The molecular formula is C30H41FN4O4. The summed E-state index contributed by atoms with van der Waals surface area (Å²) >= 11 is 0. The molecule has 0 heterocycles. The van der Waals surface area contributed by atoms with Gasteiger partial charge in [-0.3, -0.25) is 14.5 Å². The fraction of sp³-hybridized carbons (Fsp3) is 0.500. The highest BCUT2D eigenvalue weighted by molar-refractivity contribution is 5.89. The van der Waals surface area contributed by atoms with E-state index in [4.69, 9.17) is 4.74 Å². The predicted octanol–water partition coefficient (Wildman–Crippen LogP) is 4.10. The minimum absolute atomic E-state index is 0.0446. The summed E-state index contributed by atoms with van der Waals surface area (Å²) in [6.45, 7) is 3.77. The van der Waals surface area contributed by atoms with Crippen molar-refractivity contribution in [2.45, 2.75) is 70.2 Å². The topological polar surface area (TPSA) is 99.8 Å². The van der Waals surface area contributed by atoms with Crippen LogP contribution in [-0.2, 0) is 26.5 Å². The second kappa shape index (κ2) is 14.1. The molecule has 1 fully saturated rings. The number of hydrogen-bond donors (Lipinski definition) is 3. The van der Waals surface area contributed by atoms with Crippen molar-refractivity contribution in [3.05, 3.63) is 71.5 Å². The molecule has 2 aromatic carbocycles. The lowest BCUT2D eigenvalue weighted by Gasteiger charge is -2.46. The van der Waals surface area contributed by atoms with E-state index in [0.29, 0.717) is 6.42 Å². The second-order valence-corrected chi connectivity index (χ2v) is 10.9. The molecule has 1 aliphatic carbocycles. The molecule has 0 aromatic heterocycles. The lowest BCUT2D eigenvalue weighted by Crippen LogP contribution is -2.54. The molecule has 0 aliphatic heterocycles. The Hall–Kier alpha value is -3.46. The highest BCUT2D eigenvalue weighted by atomic mass is 19.1. The van der Waals surface area contributed by atoms with Crippen LogP contribution in [0.5, 0.6) is 0 Å². The minimum atomic E-state index is -0.719. The zero-order valence-corrected chi connectivity index (χ0v) is 23.3. The van der Waals surface area contributed by atoms with Gasteiger partial charge in [-0.15, -0.1) is 0 Å². The van der Waals surface area contributed by atoms with E-state index in [2.05, 4.69) is 20.9 Å². The van der Waals surface area contributed by atoms with Gasteiger partial charge in [0.25, 0.3) is 0 Å². The van der Waals surface area contributed by atoms with Gasteiger partial charge in [-0.1, -0.05) is 56.3 Å². The van der Waals surface area contributed by atoms with Crippen LogP contribution in [0.2, 0.25) is 0 Å². The number of alkyl carbamates (subject to hydrolysis) is 1. The first-order valence-corrected chi connectivity index (χ1v) is 13.6. The van der Waals surface area contributed by atoms with Gasteiger partial charge in [0, 0.05) is 11.6 Å². The number of rotatable bonds is 11. The molecule has 0 saturated heterocycles. The fourth-order valence-electron chi connectivity index (χ4n) is 5.19. The molecule has 3 N–H and O–H groups in total. The van der Waals surface area contributed by atoms with Crippen molar-refractivity contribution >= 4 is 17.9 Å². The molecule has 3 rings (SSSR count). The number of hydrogen-bond acceptors (Lipinski definition) is 5. The van der Waals surface area contributed by atoms with E-state index in [-0.39, 0.29) is 42.4 Å². The van der Waals surface area contributed by atoms with Crippen LogP contribution in [0.3, 0.4) is 0 Å². The van der Waals surface area contributed by atoms with E-state index in [1.54, 1.807) is 12.1 Å². The average molecular weight is 541 g/mol. The Kier molecular flexibility index (Phi) is 10.9. The number of carbonyl (C=O) groups excluding carboxylic acids is 3. The van der Waals surface area contributed by atoms with E-state index >= 15 is 0 Å². The summed E-state index contributed by atoms with van der Waals surface area (Å²) in [4.78, 5) is 39.9. The molecular weight excluding hydrogens is 499 g/mol. The molecule has 1 atom stereocenters. The smallest absolute Gasteiger partial charge is 0.407 e. The summed E-state index contributed by atoms with van der Waals surface area (Å²) in [5.74, 6) is -0.786. The van der Waals surface area contributed by atoms with Crippen molar-refractivity contribution in [2.75, 3.05) is 20.6 Å². The van der Waals surface area contributed by atoms with Gasteiger partial charge < -0.3 is 20.7 Å². The van der Waals surface area contributed by atoms with Crippen molar-refractivity contribution in [1.82, 2.24) is 20.9 Å². The first kappa shape index (κ1) is 30.1. The highest BCUT2D eigenvalue weighted by Gasteiger charge is 2.39. The van der Waals surface area contributed by atoms with Gasteiger partial charge in [0.15, 0.2) is 0 Å². The number of benzene rings is 2. The predicted molar refractivity (Wildman–Crippen MR) is 148 cm³/mol. The maximum atomic E-state index is 14.0. The fourth-order valence-corrected chi connectivity index (χ4v) is 5.19. The molecule has 2 aromatic rings. The van der Waals surface area contributed by atoms with Crippen molar-refractivity contribution < 1.29 is 23.5 Å².